The van der Waals surface area contributed by atoms with Gasteiger partial charge >= 0.3 is 0 Å². The predicted octanol–water partition coefficient (Wildman–Crippen LogP) is 1.67. The molecule has 1 atom stereocenters. The zero-order valence-corrected chi connectivity index (χ0v) is 14.7. The number of hydrogen-bond acceptors (Lipinski definition) is 4. The predicted molar refractivity (Wildman–Crippen MR) is 90.4 cm³/mol. The van der Waals surface area contributed by atoms with Crippen molar-refractivity contribution in [1.29, 1.82) is 0 Å². The molecule has 1 aliphatic heterocycles. The van der Waals surface area contributed by atoms with Crippen LogP contribution in [0.15, 0.2) is 24.3 Å². The van der Waals surface area contributed by atoms with E-state index >= 15 is 0 Å². The van der Waals surface area contributed by atoms with Gasteiger partial charge in [0.05, 0.1) is 6.04 Å². The van der Waals surface area contributed by atoms with E-state index in [1.807, 2.05) is 18.2 Å². The van der Waals surface area contributed by atoms with Crippen LogP contribution in [0.4, 0.5) is 0 Å². The summed E-state index contributed by atoms with van der Waals surface area (Å²) in [5.74, 6) is -0.795. The second-order valence-electron chi connectivity index (χ2n) is 5.04. The Morgan fingerprint density at radius 2 is 2.18 bits per heavy atom. The van der Waals surface area contributed by atoms with Gasteiger partial charge in [-0.05, 0) is 17.7 Å². The molecule has 0 bridgehead atoms. The number of halogens is 2. The maximum absolute atomic E-state index is 12.3. The highest BCUT2D eigenvalue weighted by molar-refractivity contribution is 7.92. The lowest BCUT2D eigenvalue weighted by atomic mass is 10.0. The summed E-state index contributed by atoms with van der Waals surface area (Å²) in [7, 11) is -3.32. The molecule has 0 aliphatic carbocycles. The monoisotopic (exact) mass is 366 g/mol. The molecule has 0 aromatic heterocycles. The van der Waals surface area contributed by atoms with Crippen molar-refractivity contribution in [2.45, 2.75) is 13.0 Å². The van der Waals surface area contributed by atoms with Crippen molar-refractivity contribution >= 4 is 39.8 Å². The first-order valence-electron chi connectivity index (χ1n) is 6.89. The molecule has 2 rings (SSSR count). The Morgan fingerprint density at radius 3 is 2.82 bits per heavy atom. The minimum absolute atomic E-state index is 0. The summed E-state index contributed by atoms with van der Waals surface area (Å²) in [4.78, 5) is 14.0. The van der Waals surface area contributed by atoms with Crippen LogP contribution in [0, 0.1) is 0 Å². The van der Waals surface area contributed by atoms with Gasteiger partial charge in [-0.2, -0.15) is 0 Å². The minimum atomic E-state index is -3.32. The lowest BCUT2D eigenvalue weighted by Crippen LogP contribution is -2.50. The minimum Gasteiger partial charge on any atom is -0.332 e. The molecule has 1 heterocycles. The molecule has 1 unspecified atom stereocenters. The fraction of sp³-hybridized carbons (Fsp3) is 0.500. The van der Waals surface area contributed by atoms with Crippen LogP contribution < -0.4 is 5.32 Å². The number of carbonyl (C=O) groups is 1. The fourth-order valence-electron chi connectivity index (χ4n) is 2.39. The molecular formula is C14H20Cl2N2O3S. The molecule has 8 heteroatoms. The lowest BCUT2D eigenvalue weighted by Gasteiger charge is -2.36. The van der Waals surface area contributed by atoms with Crippen molar-refractivity contribution in [1.82, 2.24) is 10.2 Å². The Morgan fingerprint density at radius 1 is 1.45 bits per heavy atom. The van der Waals surface area contributed by atoms with E-state index in [0.717, 1.165) is 5.56 Å². The fourth-order valence-corrected chi connectivity index (χ4v) is 3.33. The number of hydrogen-bond donors (Lipinski definition) is 1. The summed E-state index contributed by atoms with van der Waals surface area (Å²) in [6.45, 7) is 3.30. The van der Waals surface area contributed by atoms with Crippen molar-refractivity contribution in [3.05, 3.63) is 34.9 Å². The highest BCUT2D eigenvalue weighted by Gasteiger charge is 2.30. The highest BCUT2D eigenvalue weighted by Crippen LogP contribution is 2.25. The van der Waals surface area contributed by atoms with Gasteiger partial charge in [-0.1, -0.05) is 30.7 Å². The average molecular weight is 367 g/mol. The van der Waals surface area contributed by atoms with E-state index in [0.29, 0.717) is 24.7 Å². The largest absolute Gasteiger partial charge is 0.332 e. The van der Waals surface area contributed by atoms with Crippen molar-refractivity contribution in [2.75, 3.05) is 31.1 Å². The van der Waals surface area contributed by atoms with Crippen LogP contribution in [-0.2, 0) is 14.6 Å². The van der Waals surface area contributed by atoms with E-state index in [1.54, 1.807) is 17.9 Å². The number of sulfone groups is 1. The molecule has 5 nitrogen and oxygen atoms in total. The maximum atomic E-state index is 12.3. The number of nitrogens with one attached hydrogen (secondary N) is 1. The number of carbonyl (C=O) groups excluding carboxylic acids is 1. The summed E-state index contributed by atoms with van der Waals surface area (Å²) >= 11 is 6.00. The highest BCUT2D eigenvalue weighted by atomic mass is 35.5. The number of piperazine rings is 1. The van der Waals surface area contributed by atoms with Crippen molar-refractivity contribution in [3.63, 3.8) is 0 Å². The molecule has 1 saturated heterocycles. The smallest absolute Gasteiger partial charge is 0.238 e. The number of amides is 1. The molecule has 1 aromatic carbocycles. The van der Waals surface area contributed by atoms with E-state index in [2.05, 4.69) is 5.32 Å². The SMILES string of the molecule is CCS(=O)(=O)CC(=O)N1CCNCC1c1cccc(Cl)c1.Cl. The number of rotatable bonds is 4. The van der Waals surface area contributed by atoms with Gasteiger partial charge in [0, 0.05) is 30.4 Å². The van der Waals surface area contributed by atoms with Gasteiger partial charge in [0.1, 0.15) is 5.75 Å². The topological polar surface area (TPSA) is 66.5 Å². The van der Waals surface area contributed by atoms with E-state index in [9.17, 15) is 13.2 Å². The zero-order valence-electron chi connectivity index (χ0n) is 12.3. The third-order valence-electron chi connectivity index (χ3n) is 3.58. The number of benzene rings is 1. The van der Waals surface area contributed by atoms with Crippen LogP contribution in [0.25, 0.3) is 0 Å². The van der Waals surface area contributed by atoms with E-state index in [4.69, 9.17) is 11.6 Å². The van der Waals surface area contributed by atoms with Crippen molar-refractivity contribution < 1.29 is 13.2 Å². The second-order valence-corrected chi connectivity index (χ2v) is 7.83. The van der Waals surface area contributed by atoms with Gasteiger partial charge in [-0.25, -0.2) is 8.42 Å². The Bertz CT molecular complexity index is 622. The van der Waals surface area contributed by atoms with E-state index in [-0.39, 0.29) is 30.1 Å². The van der Waals surface area contributed by atoms with Gasteiger partial charge in [0.2, 0.25) is 5.91 Å². The molecule has 0 radical (unpaired) electrons. The van der Waals surface area contributed by atoms with Crippen LogP contribution in [0.1, 0.15) is 18.5 Å². The quantitative estimate of drug-likeness (QED) is 0.879. The first kappa shape index (κ1) is 19.2. The molecule has 1 aromatic rings. The molecule has 124 valence electrons. The summed E-state index contributed by atoms with van der Waals surface area (Å²) in [5.41, 5.74) is 0.914. The second kappa shape index (κ2) is 8.15. The van der Waals surface area contributed by atoms with Gasteiger partial charge in [-0.3, -0.25) is 4.79 Å². The molecule has 1 amide bonds. The van der Waals surface area contributed by atoms with Crippen LogP contribution in [0.3, 0.4) is 0 Å². The molecule has 1 aliphatic rings. The van der Waals surface area contributed by atoms with Gasteiger partial charge in [-0.15, -0.1) is 12.4 Å². The van der Waals surface area contributed by atoms with E-state index < -0.39 is 15.6 Å². The summed E-state index contributed by atoms with van der Waals surface area (Å²) < 4.78 is 23.3. The maximum Gasteiger partial charge on any atom is 0.238 e. The normalized spacial score (nSPS) is 18.6. The third-order valence-corrected chi connectivity index (χ3v) is 5.38. The Kier molecular flexibility index (Phi) is 7.12. The summed E-state index contributed by atoms with van der Waals surface area (Å²) in [6, 6.07) is 7.13. The zero-order chi connectivity index (χ0) is 15.5. The first-order valence-corrected chi connectivity index (χ1v) is 9.09. The lowest BCUT2D eigenvalue weighted by molar-refractivity contribution is -0.131. The number of nitrogens with zero attached hydrogens (tertiary/aromatic N) is 1. The average Bonchev–Trinajstić information content (AvgIpc) is 2.47. The van der Waals surface area contributed by atoms with Crippen LogP contribution >= 0.6 is 24.0 Å². The summed E-state index contributed by atoms with van der Waals surface area (Å²) in [6.07, 6.45) is 0. The van der Waals surface area contributed by atoms with Gasteiger partial charge < -0.3 is 10.2 Å². The standard InChI is InChI=1S/C14H19ClN2O3S.ClH/c1-2-21(19,20)10-14(18)17-7-6-16-9-13(17)11-4-3-5-12(15)8-11;/h3-5,8,13,16H,2,6-7,9-10H2,1H3;1H. The molecule has 0 saturated carbocycles. The molecule has 0 spiro atoms. The van der Waals surface area contributed by atoms with Crippen molar-refractivity contribution in [2.24, 2.45) is 0 Å². The Hall–Kier alpha value is -0.820. The van der Waals surface area contributed by atoms with Crippen LogP contribution in [0.2, 0.25) is 5.02 Å². The van der Waals surface area contributed by atoms with Crippen LogP contribution in [0.5, 0.6) is 0 Å². The van der Waals surface area contributed by atoms with Crippen LogP contribution in [-0.4, -0.2) is 50.4 Å². The molecule has 1 fully saturated rings. The van der Waals surface area contributed by atoms with Crippen molar-refractivity contribution in [3.8, 4) is 0 Å². The molecule has 1 N–H and O–H groups in total. The van der Waals surface area contributed by atoms with E-state index in [1.165, 1.54) is 0 Å². The Balaban J connectivity index is 0.00000242. The molecule has 22 heavy (non-hydrogen) atoms. The first-order chi connectivity index (χ1) is 9.93. The third kappa shape index (κ3) is 4.84. The van der Waals surface area contributed by atoms with Gasteiger partial charge in [0.25, 0.3) is 0 Å². The summed E-state index contributed by atoms with van der Waals surface area (Å²) in [5, 5.41) is 3.83. The molecular weight excluding hydrogens is 347 g/mol. The Labute approximate surface area is 142 Å². The van der Waals surface area contributed by atoms with Gasteiger partial charge in [0.15, 0.2) is 9.84 Å².